The van der Waals surface area contributed by atoms with Crippen molar-refractivity contribution in [1.82, 2.24) is 14.8 Å². The van der Waals surface area contributed by atoms with Gasteiger partial charge < -0.3 is 9.84 Å². The lowest BCUT2D eigenvalue weighted by molar-refractivity contribution is 0.412. The standard InChI is InChI=1S/C15H15N3O2/c1-9-14(20-3)5-4-11-13(19)6-12(17-15(9)11)10-7-16-18(2)8-10/h4-8H,1-3H3,(H,17,19). The van der Waals surface area contributed by atoms with E-state index in [1.54, 1.807) is 24.1 Å². The highest BCUT2D eigenvalue weighted by atomic mass is 16.5. The van der Waals surface area contributed by atoms with E-state index in [9.17, 15) is 5.11 Å². The molecule has 3 aromatic rings. The molecule has 0 unspecified atom stereocenters. The summed E-state index contributed by atoms with van der Waals surface area (Å²) in [7, 11) is 3.47. The van der Waals surface area contributed by atoms with Crippen molar-refractivity contribution >= 4 is 10.9 Å². The number of hydrogen-bond acceptors (Lipinski definition) is 4. The molecule has 5 heteroatoms. The molecule has 20 heavy (non-hydrogen) atoms. The summed E-state index contributed by atoms with van der Waals surface area (Å²) in [4.78, 5) is 4.63. The van der Waals surface area contributed by atoms with Crippen molar-refractivity contribution in [2.75, 3.05) is 7.11 Å². The Labute approximate surface area is 116 Å². The second-order valence-electron chi connectivity index (χ2n) is 4.72. The number of hydrogen-bond donors (Lipinski definition) is 1. The third kappa shape index (κ3) is 1.87. The number of rotatable bonds is 2. The van der Waals surface area contributed by atoms with Crippen LogP contribution in [0.15, 0.2) is 30.6 Å². The zero-order valence-electron chi connectivity index (χ0n) is 11.6. The van der Waals surface area contributed by atoms with Crippen molar-refractivity contribution in [2.24, 2.45) is 7.05 Å². The zero-order valence-corrected chi connectivity index (χ0v) is 11.6. The van der Waals surface area contributed by atoms with Crippen LogP contribution < -0.4 is 4.74 Å². The Morgan fingerprint density at radius 3 is 2.75 bits per heavy atom. The molecule has 0 aliphatic heterocycles. The van der Waals surface area contributed by atoms with E-state index in [1.165, 1.54) is 0 Å². The smallest absolute Gasteiger partial charge is 0.127 e. The molecule has 3 rings (SSSR count). The van der Waals surface area contributed by atoms with Gasteiger partial charge in [0.2, 0.25) is 0 Å². The first-order valence-corrected chi connectivity index (χ1v) is 6.26. The highest BCUT2D eigenvalue weighted by Gasteiger charge is 2.12. The first-order valence-electron chi connectivity index (χ1n) is 6.26. The van der Waals surface area contributed by atoms with Crippen LogP contribution in [0.5, 0.6) is 11.5 Å². The molecule has 2 heterocycles. The first kappa shape index (κ1) is 12.5. The van der Waals surface area contributed by atoms with Gasteiger partial charge >= 0.3 is 0 Å². The normalized spacial score (nSPS) is 10.9. The molecule has 1 aromatic carbocycles. The van der Waals surface area contributed by atoms with Crippen molar-refractivity contribution in [3.63, 3.8) is 0 Å². The molecule has 102 valence electrons. The van der Waals surface area contributed by atoms with Crippen molar-refractivity contribution in [3.8, 4) is 22.8 Å². The number of fused-ring (bicyclic) bond motifs is 1. The third-order valence-corrected chi connectivity index (χ3v) is 3.38. The number of aromatic nitrogens is 3. The monoisotopic (exact) mass is 269 g/mol. The maximum atomic E-state index is 10.2. The van der Waals surface area contributed by atoms with Gasteiger partial charge in [0.15, 0.2) is 0 Å². The summed E-state index contributed by atoms with van der Waals surface area (Å²) < 4.78 is 7.01. The minimum absolute atomic E-state index is 0.208. The van der Waals surface area contributed by atoms with Crippen LogP contribution in [0, 0.1) is 6.92 Å². The summed E-state index contributed by atoms with van der Waals surface area (Å²) in [5.41, 5.74) is 3.21. The Balaban J connectivity index is 2.29. The lowest BCUT2D eigenvalue weighted by atomic mass is 10.1. The SMILES string of the molecule is COc1ccc2c(O)cc(-c3cnn(C)c3)nc2c1C. The number of ether oxygens (including phenoxy) is 1. The van der Waals surface area contributed by atoms with Gasteiger partial charge in [-0.2, -0.15) is 5.10 Å². The zero-order chi connectivity index (χ0) is 14.3. The fourth-order valence-electron chi connectivity index (χ4n) is 2.31. The van der Waals surface area contributed by atoms with E-state index in [1.807, 2.05) is 32.3 Å². The molecule has 0 saturated carbocycles. The molecule has 2 aromatic heterocycles. The number of methoxy groups -OCH3 is 1. The molecule has 0 aliphatic carbocycles. The van der Waals surface area contributed by atoms with Crippen LogP contribution in [0.4, 0.5) is 0 Å². The second kappa shape index (κ2) is 4.52. The van der Waals surface area contributed by atoms with Gasteiger partial charge in [0.05, 0.1) is 24.5 Å². The van der Waals surface area contributed by atoms with Crippen LogP contribution in [0.3, 0.4) is 0 Å². The van der Waals surface area contributed by atoms with E-state index in [0.29, 0.717) is 5.69 Å². The summed E-state index contributed by atoms with van der Waals surface area (Å²) in [6, 6.07) is 5.31. The minimum atomic E-state index is 0.208. The number of benzene rings is 1. The van der Waals surface area contributed by atoms with Gasteiger partial charge in [-0.1, -0.05) is 0 Å². The molecule has 0 fully saturated rings. The van der Waals surface area contributed by atoms with Crippen molar-refractivity contribution in [2.45, 2.75) is 6.92 Å². The second-order valence-corrected chi connectivity index (χ2v) is 4.72. The van der Waals surface area contributed by atoms with E-state index in [-0.39, 0.29) is 5.75 Å². The Morgan fingerprint density at radius 1 is 1.30 bits per heavy atom. The van der Waals surface area contributed by atoms with Crippen molar-refractivity contribution in [1.29, 1.82) is 0 Å². The molecule has 0 bridgehead atoms. The molecule has 0 saturated heterocycles. The van der Waals surface area contributed by atoms with Gasteiger partial charge in [-0.15, -0.1) is 0 Å². The number of nitrogens with zero attached hydrogens (tertiary/aromatic N) is 3. The molecule has 0 amide bonds. The summed E-state index contributed by atoms with van der Waals surface area (Å²) in [6.45, 7) is 1.93. The average Bonchev–Trinajstić information content (AvgIpc) is 2.86. The topological polar surface area (TPSA) is 60.2 Å². The average molecular weight is 269 g/mol. The number of aryl methyl sites for hydroxylation is 2. The third-order valence-electron chi connectivity index (χ3n) is 3.38. The van der Waals surface area contributed by atoms with Gasteiger partial charge in [-0.3, -0.25) is 4.68 Å². The van der Waals surface area contributed by atoms with Crippen LogP contribution >= 0.6 is 0 Å². The van der Waals surface area contributed by atoms with E-state index in [4.69, 9.17) is 4.74 Å². The molecule has 0 atom stereocenters. The maximum absolute atomic E-state index is 10.2. The minimum Gasteiger partial charge on any atom is -0.507 e. The first-order chi connectivity index (χ1) is 9.60. The molecular formula is C15H15N3O2. The lowest BCUT2D eigenvalue weighted by Crippen LogP contribution is -1.92. The van der Waals surface area contributed by atoms with Crippen LogP contribution in [0.2, 0.25) is 0 Å². The number of pyridine rings is 1. The molecule has 0 aliphatic rings. The number of aromatic hydroxyl groups is 1. The highest BCUT2D eigenvalue weighted by molar-refractivity contribution is 5.91. The Hall–Kier alpha value is -2.56. The fourth-order valence-corrected chi connectivity index (χ4v) is 2.31. The Morgan fingerprint density at radius 2 is 2.10 bits per heavy atom. The van der Waals surface area contributed by atoms with Gasteiger partial charge in [0.1, 0.15) is 11.5 Å². The highest BCUT2D eigenvalue weighted by Crippen LogP contribution is 2.33. The van der Waals surface area contributed by atoms with Gasteiger partial charge in [0, 0.05) is 35.8 Å². The lowest BCUT2D eigenvalue weighted by Gasteiger charge is -2.10. The summed E-state index contributed by atoms with van der Waals surface area (Å²) in [5, 5.41) is 15.0. The molecular weight excluding hydrogens is 254 g/mol. The van der Waals surface area contributed by atoms with Crippen molar-refractivity contribution < 1.29 is 9.84 Å². The Kier molecular flexibility index (Phi) is 2.82. The molecule has 5 nitrogen and oxygen atoms in total. The fraction of sp³-hybridized carbons (Fsp3) is 0.200. The summed E-state index contributed by atoms with van der Waals surface area (Å²) in [6.07, 6.45) is 3.59. The molecule has 1 N–H and O–H groups in total. The van der Waals surface area contributed by atoms with Crippen LogP contribution in [-0.2, 0) is 7.05 Å². The predicted molar refractivity (Wildman–Crippen MR) is 76.9 cm³/mol. The molecule has 0 radical (unpaired) electrons. The van der Waals surface area contributed by atoms with Gasteiger partial charge in [-0.25, -0.2) is 4.98 Å². The summed E-state index contributed by atoms with van der Waals surface area (Å²) >= 11 is 0. The molecule has 0 spiro atoms. The van der Waals surface area contributed by atoms with Gasteiger partial charge in [-0.05, 0) is 19.1 Å². The largest absolute Gasteiger partial charge is 0.507 e. The van der Waals surface area contributed by atoms with Crippen LogP contribution in [-0.4, -0.2) is 27.0 Å². The van der Waals surface area contributed by atoms with Crippen molar-refractivity contribution in [3.05, 3.63) is 36.2 Å². The van der Waals surface area contributed by atoms with E-state index in [0.717, 1.165) is 27.8 Å². The summed E-state index contributed by atoms with van der Waals surface area (Å²) in [5.74, 6) is 0.965. The van der Waals surface area contributed by atoms with E-state index >= 15 is 0 Å². The van der Waals surface area contributed by atoms with E-state index < -0.39 is 0 Å². The van der Waals surface area contributed by atoms with Crippen LogP contribution in [0.25, 0.3) is 22.2 Å². The quantitative estimate of drug-likeness (QED) is 0.777. The Bertz CT molecular complexity index is 793. The van der Waals surface area contributed by atoms with Gasteiger partial charge in [0.25, 0.3) is 0 Å². The maximum Gasteiger partial charge on any atom is 0.127 e. The predicted octanol–water partition coefficient (Wildman–Crippen LogP) is 2.66. The van der Waals surface area contributed by atoms with Crippen LogP contribution in [0.1, 0.15) is 5.56 Å². The van der Waals surface area contributed by atoms with E-state index in [2.05, 4.69) is 10.1 Å².